The minimum Gasteiger partial charge on any atom is -0.493 e. The van der Waals surface area contributed by atoms with Crippen LogP contribution < -0.4 is 4.74 Å². The van der Waals surface area contributed by atoms with Crippen LogP contribution in [-0.2, 0) is 17.6 Å². The van der Waals surface area contributed by atoms with Crippen LogP contribution in [0.25, 0.3) is 0 Å². The molecule has 0 fully saturated rings. The van der Waals surface area contributed by atoms with Gasteiger partial charge in [0.1, 0.15) is 11.5 Å². The zero-order valence-electron chi connectivity index (χ0n) is 8.38. The third-order valence-electron chi connectivity index (χ3n) is 2.43. The molecule has 0 spiro atoms. The number of ketones is 1. The number of hydrogen-bond acceptors (Lipinski definition) is 2. The normalized spacial score (nSPS) is 14.4. The van der Waals surface area contributed by atoms with Crippen molar-refractivity contribution in [1.82, 2.24) is 0 Å². The predicted octanol–water partition coefficient (Wildman–Crippen LogP) is 2.14. The molecule has 14 heavy (non-hydrogen) atoms. The lowest BCUT2D eigenvalue weighted by molar-refractivity contribution is -0.116. The van der Waals surface area contributed by atoms with Crippen LogP contribution in [-0.4, -0.2) is 12.4 Å². The topological polar surface area (TPSA) is 26.3 Å². The van der Waals surface area contributed by atoms with Gasteiger partial charge in [0, 0.05) is 6.42 Å². The first-order valence-corrected chi connectivity index (χ1v) is 5.00. The lowest BCUT2D eigenvalue weighted by Crippen LogP contribution is -2.09. The van der Waals surface area contributed by atoms with Crippen molar-refractivity contribution in [1.29, 1.82) is 0 Å². The van der Waals surface area contributed by atoms with Gasteiger partial charge in [0.15, 0.2) is 0 Å². The second-order valence-corrected chi connectivity index (χ2v) is 3.77. The molecule has 2 heteroatoms. The van der Waals surface area contributed by atoms with Gasteiger partial charge in [-0.3, -0.25) is 4.79 Å². The molecule has 0 saturated heterocycles. The summed E-state index contributed by atoms with van der Waals surface area (Å²) in [6.07, 6.45) is 2.69. The molecule has 1 aliphatic rings. The van der Waals surface area contributed by atoms with E-state index in [9.17, 15) is 4.79 Å². The summed E-state index contributed by atoms with van der Waals surface area (Å²) in [4.78, 5) is 10.9. The van der Waals surface area contributed by atoms with E-state index < -0.39 is 0 Å². The van der Waals surface area contributed by atoms with Crippen LogP contribution >= 0.6 is 0 Å². The Hall–Kier alpha value is -1.31. The Bertz CT molecular complexity index is 355. The largest absolute Gasteiger partial charge is 0.493 e. The Labute approximate surface area is 83.9 Å². The Morgan fingerprint density at radius 2 is 2.36 bits per heavy atom. The van der Waals surface area contributed by atoms with Gasteiger partial charge in [0.05, 0.1) is 6.61 Å². The van der Waals surface area contributed by atoms with E-state index in [4.69, 9.17) is 4.74 Å². The molecule has 0 amide bonds. The van der Waals surface area contributed by atoms with Crippen molar-refractivity contribution < 1.29 is 9.53 Å². The molecular weight excluding hydrogens is 176 g/mol. The number of fused-ring (bicyclic) bond motifs is 1. The second-order valence-electron chi connectivity index (χ2n) is 3.77. The van der Waals surface area contributed by atoms with Crippen molar-refractivity contribution in [3.05, 3.63) is 29.3 Å². The molecule has 0 aromatic heterocycles. The van der Waals surface area contributed by atoms with Gasteiger partial charge in [-0.25, -0.2) is 0 Å². The van der Waals surface area contributed by atoms with Crippen LogP contribution in [0.4, 0.5) is 0 Å². The van der Waals surface area contributed by atoms with Gasteiger partial charge >= 0.3 is 0 Å². The summed E-state index contributed by atoms with van der Waals surface area (Å²) in [6.45, 7) is 2.44. The first-order chi connectivity index (χ1) is 6.75. The summed E-state index contributed by atoms with van der Waals surface area (Å²) in [7, 11) is 0. The van der Waals surface area contributed by atoms with E-state index in [1.165, 1.54) is 5.56 Å². The maximum absolute atomic E-state index is 10.9. The van der Waals surface area contributed by atoms with Crippen LogP contribution in [0.15, 0.2) is 18.2 Å². The highest BCUT2D eigenvalue weighted by Crippen LogP contribution is 2.25. The van der Waals surface area contributed by atoms with Gasteiger partial charge in [-0.1, -0.05) is 12.1 Å². The number of rotatable bonds is 2. The SMILES string of the molecule is CC(=O)Cc1ccc2c(c1)CCCO2. The van der Waals surface area contributed by atoms with Crippen molar-refractivity contribution in [2.24, 2.45) is 0 Å². The van der Waals surface area contributed by atoms with Crippen LogP contribution in [0.1, 0.15) is 24.5 Å². The van der Waals surface area contributed by atoms with Gasteiger partial charge in [-0.2, -0.15) is 0 Å². The summed E-state index contributed by atoms with van der Waals surface area (Å²) in [5.74, 6) is 1.20. The van der Waals surface area contributed by atoms with Gasteiger partial charge in [-0.15, -0.1) is 0 Å². The first kappa shape index (κ1) is 9.25. The number of ether oxygens (including phenoxy) is 1. The van der Waals surface area contributed by atoms with Crippen molar-refractivity contribution >= 4 is 5.78 Å². The maximum Gasteiger partial charge on any atom is 0.134 e. The van der Waals surface area contributed by atoms with Gasteiger partial charge < -0.3 is 4.74 Å². The molecule has 0 saturated carbocycles. The van der Waals surface area contributed by atoms with Gasteiger partial charge in [0.2, 0.25) is 0 Å². The highest BCUT2D eigenvalue weighted by atomic mass is 16.5. The van der Waals surface area contributed by atoms with Crippen molar-refractivity contribution in [3.63, 3.8) is 0 Å². The van der Waals surface area contributed by atoms with Gasteiger partial charge in [0.25, 0.3) is 0 Å². The minimum atomic E-state index is 0.210. The molecule has 0 radical (unpaired) electrons. The maximum atomic E-state index is 10.9. The Morgan fingerprint density at radius 1 is 1.50 bits per heavy atom. The smallest absolute Gasteiger partial charge is 0.134 e. The third-order valence-corrected chi connectivity index (χ3v) is 2.43. The van der Waals surface area contributed by atoms with Crippen LogP contribution in [0, 0.1) is 0 Å². The monoisotopic (exact) mass is 190 g/mol. The lowest BCUT2D eigenvalue weighted by Gasteiger charge is -2.17. The van der Waals surface area contributed by atoms with E-state index in [1.807, 2.05) is 12.1 Å². The predicted molar refractivity (Wildman–Crippen MR) is 54.6 cm³/mol. The number of aryl methyl sites for hydroxylation is 1. The Kier molecular flexibility index (Phi) is 2.53. The van der Waals surface area contributed by atoms with Crippen molar-refractivity contribution in [2.45, 2.75) is 26.2 Å². The molecule has 1 aromatic carbocycles. The van der Waals surface area contributed by atoms with E-state index in [0.717, 1.165) is 30.8 Å². The fourth-order valence-electron chi connectivity index (χ4n) is 1.81. The molecule has 1 heterocycles. The van der Waals surface area contributed by atoms with Crippen LogP contribution in [0.2, 0.25) is 0 Å². The summed E-state index contributed by atoms with van der Waals surface area (Å²) < 4.78 is 5.50. The molecule has 0 atom stereocenters. The second kappa shape index (κ2) is 3.82. The minimum absolute atomic E-state index is 0.210. The quantitative estimate of drug-likeness (QED) is 0.714. The Balaban J connectivity index is 2.24. The molecule has 0 aliphatic carbocycles. The first-order valence-electron chi connectivity index (χ1n) is 5.00. The molecule has 0 bridgehead atoms. The standard InChI is InChI=1S/C12H14O2/c1-9(13)7-10-4-5-12-11(8-10)3-2-6-14-12/h4-5,8H,2-3,6-7H2,1H3. The van der Waals surface area contributed by atoms with E-state index in [0.29, 0.717) is 6.42 Å². The van der Waals surface area contributed by atoms with Crippen molar-refractivity contribution in [2.75, 3.05) is 6.61 Å². The molecule has 74 valence electrons. The number of hydrogen-bond donors (Lipinski definition) is 0. The van der Waals surface area contributed by atoms with E-state index in [2.05, 4.69) is 6.07 Å². The average Bonchev–Trinajstić information content (AvgIpc) is 2.17. The van der Waals surface area contributed by atoms with Crippen LogP contribution in [0.5, 0.6) is 5.75 Å². The summed E-state index contributed by atoms with van der Waals surface area (Å²) in [5.41, 5.74) is 2.34. The number of carbonyl (C=O) groups is 1. The van der Waals surface area contributed by atoms with Crippen molar-refractivity contribution in [3.8, 4) is 5.75 Å². The van der Waals surface area contributed by atoms with E-state index in [1.54, 1.807) is 6.92 Å². The molecule has 2 nitrogen and oxygen atoms in total. The summed E-state index contributed by atoms with van der Waals surface area (Å²) in [6, 6.07) is 6.05. The molecular formula is C12H14O2. The molecule has 0 unspecified atom stereocenters. The van der Waals surface area contributed by atoms with Gasteiger partial charge in [-0.05, 0) is 37.0 Å². The number of carbonyl (C=O) groups excluding carboxylic acids is 1. The summed E-state index contributed by atoms with van der Waals surface area (Å²) >= 11 is 0. The number of benzene rings is 1. The fourth-order valence-corrected chi connectivity index (χ4v) is 1.81. The fraction of sp³-hybridized carbons (Fsp3) is 0.417. The van der Waals surface area contributed by atoms with E-state index >= 15 is 0 Å². The lowest BCUT2D eigenvalue weighted by atomic mass is 10.0. The Morgan fingerprint density at radius 3 is 3.14 bits per heavy atom. The van der Waals surface area contributed by atoms with E-state index in [-0.39, 0.29) is 5.78 Å². The molecule has 1 aromatic rings. The molecule has 1 aliphatic heterocycles. The highest BCUT2D eigenvalue weighted by Gasteiger charge is 2.10. The zero-order valence-corrected chi connectivity index (χ0v) is 8.38. The molecule has 0 N–H and O–H groups in total. The summed E-state index contributed by atoms with van der Waals surface area (Å²) in [5, 5.41) is 0. The highest BCUT2D eigenvalue weighted by molar-refractivity contribution is 5.78. The van der Waals surface area contributed by atoms with Crippen LogP contribution in [0.3, 0.4) is 0 Å². The zero-order chi connectivity index (χ0) is 9.97. The number of Topliss-reactive ketones (excluding diaryl/α,β-unsaturated/α-hetero) is 1. The molecule has 2 rings (SSSR count). The average molecular weight is 190 g/mol. The third kappa shape index (κ3) is 1.95.